The number of nitrogens with one attached hydrogen (secondary N) is 1. The molecule has 2 aromatic rings. The fourth-order valence-electron chi connectivity index (χ4n) is 3.06. The minimum Gasteiger partial charge on any atom is -0.384 e. The average Bonchev–Trinajstić information content (AvgIpc) is 2.60. The zero-order valence-corrected chi connectivity index (χ0v) is 14.2. The first-order chi connectivity index (χ1) is 11.7. The summed E-state index contributed by atoms with van der Waals surface area (Å²) in [6, 6.07) is 13.3. The number of hydrogen-bond acceptors (Lipinski definition) is 3. The Labute approximate surface area is 143 Å². The molecule has 0 bridgehead atoms. The van der Waals surface area contributed by atoms with Crippen LogP contribution in [0.25, 0.3) is 0 Å². The van der Waals surface area contributed by atoms with Crippen molar-refractivity contribution in [1.29, 1.82) is 0 Å². The first-order valence-electron chi connectivity index (χ1n) is 8.59. The average molecular weight is 328 g/mol. The second kappa shape index (κ2) is 8.27. The van der Waals surface area contributed by atoms with Gasteiger partial charge in [-0.15, -0.1) is 0 Å². The van der Waals surface area contributed by atoms with Crippen LogP contribution in [0.1, 0.15) is 16.7 Å². The fourth-order valence-corrected chi connectivity index (χ4v) is 3.06. The van der Waals surface area contributed by atoms with Crippen molar-refractivity contribution in [3.8, 4) is 0 Å². The summed E-state index contributed by atoms with van der Waals surface area (Å²) in [7, 11) is 0. The van der Waals surface area contributed by atoms with Crippen molar-refractivity contribution < 1.29 is 9.13 Å². The van der Waals surface area contributed by atoms with Crippen molar-refractivity contribution in [3.63, 3.8) is 0 Å². The second-order valence-electron chi connectivity index (χ2n) is 6.31. The molecule has 0 radical (unpaired) electrons. The first-order valence-corrected chi connectivity index (χ1v) is 8.59. The number of rotatable bonds is 6. The number of anilines is 1. The second-order valence-corrected chi connectivity index (χ2v) is 6.31. The summed E-state index contributed by atoms with van der Waals surface area (Å²) >= 11 is 0. The molecule has 1 fully saturated rings. The van der Waals surface area contributed by atoms with Gasteiger partial charge in [0.1, 0.15) is 5.82 Å². The van der Waals surface area contributed by atoms with Crippen LogP contribution in [0.5, 0.6) is 0 Å². The van der Waals surface area contributed by atoms with Crippen LogP contribution in [0.2, 0.25) is 0 Å². The van der Waals surface area contributed by atoms with Gasteiger partial charge in [0.05, 0.1) is 13.2 Å². The Morgan fingerprint density at radius 3 is 2.67 bits per heavy atom. The number of hydrogen-bond donors (Lipinski definition) is 1. The van der Waals surface area contributed by atoms with Crippen LogP contribution >= 0.6 is 0 Å². The molecule has 3 rings (SSSR count). The molecule has 2 aromatic carbocycles. The van der Waals surface area contributed by atoms with Crippen molar-refractivity contribution in [2.75, 3.05) is 44.7 Å². The molecule has 1 aliphatic rings. The van der Waals surface area contributed by atoms with E-state index < -0.39 is 0 Å². The summed E-state index contributed by atoms with van der Waals surface area (Å²) in [5, 5.41) is 3.52. The first kappa shape index (κ1) is 16.9. The number of benzene rings is 2. The van der Waals surface area contributed by atoms with Gasteiger partial charge in [0.25, 0.3) is 0 Å². The van der Waals surface area contributed by atoms with Crippen molar-refractivity contribution >= 4 is 5.69 Å². The summed E-state index contributed by atoms with van der Waals surface area (Å²) in [5.41, 5.74) is 4.17. The number of morpholine rings is 1. The minimum absolute atomic E-state index is 0.140. The molecule has 1 aliphatic heterocycles. The summed E-state index contributed by atoms with van der Waals surface area (Å²) < 4.78 is 19.3. The van der Waals surface area contributed by atoms with Crippen molar-refractivity contribution in [3.05, 3.63) is 65.0 Å². The van der Waals surface area contributed by atoms with E-state index >= 15 is 0 Å². The lowest BCUT2D eigenvalue weighted by Gasteiger charge is -2.26. The Balaban J connectivity index is 1.65. The van der Waals surface area contributed by atoms with Crippen LogP contribution in [-0.2, 0) is 11.2 Å². The van der Waals surface area contributed by atoms with Gasteiger partial charge in [-0.2, -0.15) is 0 Å². The number of ether oxygens (including phenoxy) is 1. The summed E-state index contributed by atoms with van der Waals surface area (Å²) in [5.74, 6) is -0.140. The highest BCUT2D eigenvalue weighted by Crippen LogP contribution is 2.22. The SMILES string of the molecule is Cc1ccc(NCCN2CCOCC2)c(Cc2ccccc2F)c1. The molecule has 4 heteroatoms. The third kappa shape index (κ3) is 4.56. The molecule has 24 heavy (non-hydrogen) atoms. The number of aryl methyl sites for hydroxylation is 1. The quantitative estimate of drug-likeness (QED) is 0.879. The maximum Gasteiger partial charge on any atom is 0.126 e. The van der Waals surface area contributed by atoms with E-state index in [-0.39, 0.29) is 5.82 Å². The van der Waals surface area contributed by atoms with E-state index in [4.69, 9.17) is 4.74 Å². The molecule has 0 unspecified atom stereocenters. The van der Waals surface area contributed by atoms with Crippen molar-refractivity contribution in [2.45, 2.75) is 13.3 Å². The molecule has 0 atom stereocenters. The highest BCUT2D eigenvalue weighted by molar-refractivity contribution is 5.54. The van der Waals surface area contributed by atoms with Gasteiger partial charge in [-0.05, 0) is 30.2 Å². The van der Waals surface area contributed by atoms with E-state index in [1.807, 2.05) is 12.1 Å². The monoisotopic (exact) mass is 328 g/mol. The van der Waals surface area contributed by atoms with Gasteiger partial charge < -0.3 is 10.1 Å². The minimum atomic E-state index is -0.140. The van der Waals surface area contributed by atoms with Crippen LogP contribution < -0.4 is 5.32 Å². The van der Waals surface area contributed by atoms with Gasteiger partial charge in [0.2, 0.25) is 0 Å². The molecule has 0 aliphatic carbocycles. The molecular weight excluding hydrogens is 303 g/mol. The van der Waals surface area contributed by atoms with Crippen LogP contribution in [0.3, 0.4) is 0 Å². The lowest BCUT2D eigenvalue weighted by Crippen LogP contribution is -2.39. The molecule has 3 nitrogen and oxygen atoms in total. The van der Waals surface area contributed by atoms with E-state index in [0.29, 0.717) is 6.42 Å². The van der Waals surface area contributed by atoms with Gasteiger partial charge in [-0.3, -0.25) is 4.90 Å². The standard InChI is InChI=1S/C20H25FN2O/c1-16-6-7-20(22-8-9-23-10-12-24-13-11-23)18(14-16)15-17-4-2-3-5-19(17)21/h2-7,14,22H,8-13,15H2,1H3. The van der Waals surface area contributed by atoms with Crippen molar-refractivity contribution in [2.24, 2.45) is 0 Å². The Morgan fingerprint density at radius 2 is 1.88 bits per heavy atom. The van der Waals surface area contributed by atoms with Gasteiger partial charge in [0.15, 0.2) is 0 Å². The predicted molar refractivity (Wildman–Crippen MR) is 96.1 cm³/mol. The summed E-state index contributed by atoms with van der Waals surface area (Å²) in [6.45, 7) is 7.59. The van der Waals surface area contributed by atoms with Crippen LogP contribution in [0.15, 0.2) is 42.5 Å². The zero-order chi connectivity index (χ0) is 16.8. The van der Waals surface area contributed by atoms with Gasteiger partial charge in [0, 0.05) is 38.3 Å². The van der Waals surface area contributed by atoms with Crippen LogP contribution in [-0.4, -0.2) is 44.3 Å². The van der Waals surface area contributed by atoms with E-state index in [2.05, 4.69) is 35.3 Å². The number of halogens is 1. The van der Waals surface area contributed by atoms with Gasteiger partial charge in [-0.25, -0.2) is 4.39 Å². The molecule has 0 aromatic heterocycles. The molecule has 1 N–H and O–H groups in total. The normalized spacial score (nSPS) is 15.4. The summed E-state index contributed by atoms with van der Waals surface area (Å²) in [6.07, 6.45) is 0.605. The Hall–Kier alpha value is -1.91. The zero-order valence-electron chi connectivity index (χ0n) is 14.2. The molecule has 1 saturated heterocycles. The molecule has 0 amide bonds. The van der Waals surface area contributed by atoms with E-state index in [9.17, 15) is 4.39 Å². The van der Waals surface area contributed by atoms with E-state index in [1.165, 1.54) is 11.6 Å². The smallest absolute Gasteiger partial charge is 0.126 e. The molecule has 0 spiro atoms. The van der Waals surface area contributed by atoms with Crippen LogP contribution in [0, 0.1) is 12.7 Å². The largest absolute Gasteiger partial charge is 0.384 e. The van der Waals surface area contributed by atoms with Crippen molar-refractivity contribution in [1.82, 2.24) is 4.90 Å². The molecule has 0 saturated carbocycles. The van der Waals surface area contributed by atoms with Crippen LogP contribution in [0.4, 0.5) is 10.1 Å². The highest BCUT2D eigenvalue weighted by atomic mass is 19.1. The number of nitrogens with zero attached hydrogens (tertiary/aromatic N) is 1. The molecule has 1 heterocycles. The lowest BCUT2D eigenvalue weighted by molar-refractivity contribution is 0.0398. The lowest BCUT2D eigenvalue weighted by atomic mass is 10.0. The Kier molecular flexibility index (Phi) is 5.83. The molecule has 128 valence electrons. The van der Waals surface area contributed by atoms with Gasteiger partial charge in [-0.1, -0.05) is 35.9 Å². The highest BCUT2D eigenvalue weighted by Gasteiger charge is 2.11. The predicted octanol–water partition coefficient (Wildman–Crippen LogP) is 3.47. The third-order valence-corrected chi connectivity index (χ3v) is 4.45. The third-order valence-electron chi connectivity index (χ3n) is 4.45. The fraction of sp³-hybridized carbons (Fsp3) is 0.400. The Morgan fingerprint density at radius 1 is 1.08 bits per heavy atom. The molecular formula is C20H25FN2O. The topological polar surface area (TPSA) is 24.5 Å². The summed E-state index contributed by atoms with van der Waals surface area (Å²) in [4.78, 5) is 2.40. The Bertz CT molecular complexity index is 668. The van der Waals surface area contributed by atoms with E-state index in [0.717, 1.165) is 56.2 Å². The van der Waals surface area contributed by atoms with Gasteiger partial charge >= 0.3 is 0 Å². The maximum atomic E-state index is 14.0. The van der Waals surface area contributed by atoms with E-state index in [1.54, 1.807) is 6.07 Å². The maximum absolute atomic E-state index is 14.0.